The van der Waals surface area contributed by atoms with Crippen molar-refractivity contribution in [3.8, 4) is 22.9 Å². The van der Waals surface area contributed by atoms with Crippen molar-refractivity contribution in [3.05, 3.63) is 53.6 Å². The van der Waals surface area contributed by atoms with Gasteiger partial charge in [-0.15, -0.1) is 0 Å². The maximum Gasteiger partial charge on any atom is 0.274 e. The maximum atomic E-state index is 14.3. The summed E-state index contributed by atoms with van der Waals surface area (Å²) in [5.74, 6) is -1.07. The number of carbonyl (C=O) groups is 2. The third-order valence-corrected chi connectivity index (χ3v) is 7.63. The van der Waals surface area contributed by atoms with Crippen LogP contribution >= 0.6 is 0 Å². The predicted molar refractivity (Wildman–Crippen MR) is 129 cm³/mol. The molecule has 10 nitrogen and oxygen atoms in total. The molecule has 5 heterocycles. The Bertz CT molecular complexity index is 1410. The molecule has 198 valence electrons. The van der Waals surface area contributed by atoms with Crippen molar-refractivity contribution in [2.45, 2.75) is 43.7 Å². The molecule has 0 bridgehead atoms. The highest BCUT2D eigenvalue weighted by Gasteiger charge is 2.55. The van der Waals surface area contributed by atoms with Gasteiger partial charge in [-0.2, -0.15) is 5.10 Å². The Morgan fingerprint density at radius 3 is 2.82 bits per heavy atom. The molecule has 3 aliphatic rings. The van der Waals surface area contributed by atoms with Gasteiger partial charge in [-0.1, -0.05) is 0 Å². The van der Waals surface area contributed by atoms with E-state index in [0.717, 1.165) is 25.2 Å². The Morgan fingerprint density at radius 2 is 2.03 bits per heavy atom. The van der Waals surface area contributed by atoms with Gasteiger partial charge in [0.25, 0.3) is 5.91 Å². The minimum Gasteiger partial charge on any atom is -0.491 e. The smallest absolute Gasteiger partial charge is 0.274 e. The van der Waals surface area contributed by atoms with Crippen molar-refractivity contribution >= 4 is 11.8 Å². The third kappa shape index (κ3) is 4.33. The molecule has 1 saturated heterocycles. The Labute approximate surface area is 216 Å². The van der Waals surface area contributed by atoms with Gasteiger partial charge < -0.3 is 19.7 Å². The van der Waals surface area contributed by atoms with Crippen LogP contribution in [0, 0.1) is 17.6 Å². The molecule has 1 aliphatic carbocycles. The number of aromatic amines is 1. The van der Waals surface area contributed by atoms with E-state index in [0.29, 0.717) is 49.6 Å². The number of nitrogens with one attached hydrogen (secondary N) is 2. The monoisotopic (exact) mass is 524 g/mol. The van der Waals surface area contributed by atoms with Crippen molar-refractivity contribution in [1.82, 2.24) is 30.4 Å². The van der Waals surface area contributed by atoms with Crippen LogP contribution in [-0.4, -0.2) is 62.7 Å². The van der Waals surface area contributed by atoms with Gasteiger partial charge >= 0.3 is 0 Å². The molecule has 2 atom stereocenters. The largest absolute Gasteiger partial charge is 0.491 e. The highest BCUT2D eigenvalue weighted by atomic mass is 19.1. The number of H-pyrrole nitrogens is 1. The van der Waals surface area contributed by atoms with Gasteiger partial charge in [0.15, 0.2) is 11.5 Å². The van der Waals surface area contributed by atoms with Crippen LogP contribution in [0.25, 0.3) is 11.3 Å². The number of aromatic nitrogens is 4. The van der Waals surface area contributed by atoms with Gasteiger partial charge in [-0.3, -0.25) is 19.7 Å². The maximum absolute atomic E-state index is 14.3. The minimum atomic E-state index is -0.563. The number of methoxy groups -OCH3 is 1. The normalized spacial score (nSPS) is 21.4. The second kappa shape index (κ2) is 9.34. The number of rotatable bonds is 5. The van der Waals surface area contributed by atoms with Crippen LogP contribution in [0.5, 0.6) is 11.6 Å². The van der Waals surface area contributed by atoms with E-state index in [9.17, 15) is 18.4 Å². The third-order valence-electron chi connectivity index (χ3n) is 7.63. The lowest BCUT2D eigenvalue weighted by Gasteiger charge is -2.40. The molecule has 2 fully saturated rings. The molecule has 0 aromatic carbocycles. The molecule has 0 unspecified atom stereocenters. The first kappa shape index (κ1) is 24.3. The summed E-state index contributed by atoms with van der Waals surface area (Å²) in [6.07, 6.45) is 5.37. The number of hydrogen-bond donors (Lipinski definition) is 2. The Hall–Kier alpha value is -4.09. The number of fused-ring (bicyclic) bond motifs is 1. The summed E-state index contributed by atoms with van der Waals surface area (Å²) in [7, 11) is 1.44. The fraction of sp³-hybridized carbons (Fsp3) is 0.423. The molecule has 1 spiro atoms. The van der Waals surface area contributed by atoms with E-state index < -0.39 is 17.2 Å². The predicted octanol–water partition coefficient (Wildman–Crippen LogP) is 3.18. The standard InChI is InChI=1S/C26H26F2N6O4/c1-37-22-9-16(17(28)13-29-22)19-10-20(33-32-19)25(36)34-6-2-14(11-26(34)4-5-26)24(35)31-18-3-7-38-21-8-15(27)12-30-23(18)21/h8-10,12-14,18H,2-7,11H2,1H3,(H,31,35)(H,32,33)/t14-,18+/m0/s1. The molecule has 2 amide bonds. The molecule has 12 heteroatoms. The summed E-state index contributed by atoms with van der Waals surface area (Å²) >= 11 is 0. The summed E-state index contributed by atoms with van der Waals surface area (Å²) in [6, 6.07) is 3.89. The Kier molecular flexibility index (Phi) is 5.96. The van der Waals surface area contributed by atoms with Gasteiger partial charge in [0.1, 0.15) is 17.3 Å². The summed E-state index contributed by atoms with van der Waals surface area (Å²) < 4.78 is 38.5. The van der Waals surface area contributed by atoms with Crippen LogP contribution in [0.1, 0.15) is 54.3 Å². The van der Waals surface area contributed by atoms with Gasteiger partial charge in [0, 0.05) is 42.1 Å². The summed E-state index contributed by atoms with van der Waals surface area (Å²) in [6.45, 7) is 0.770. The Morgan fingerprint density at radius 1 is 1.18 bits per heavy atom. The lowest BCUT2D eigenvalue weighted by atomic mass is 9.87. The fourth-order valence-corrected chi connectivity index (χ4v) is 5.46. The van der Waals surface area contributed by atoms with E-state index in [1.54, 1.807) is 4.90 Å². The number of pyridine rings is 2. The van der Waals surface area contributed by atoms with E-state index in [2.05, 4.69) is 25.5 Å². The highest BCUT2D eigenvalue weighted by molar-refractivity contribution is 5.94. The number of hydrogen-bond acceptors (Lipinski definition) is 7. The second-order valence-corrected chi connectivity index (χ2v) is 9.98. The SMILES string of the molecule is COc1cc(-c2cc(C(=O)N3CC[C@H](C(=O)N[C@@H]4CCOc5cc(F)cnc54)CC34CC4)n[nH]2)c(F)cn1. The number of ether oxygens (including phenoxy) is 2. The molecular formula is C26H26F2N6O4. The molecule has 0 radical (unpaired) electrons. The molecule has 38 heavy (non-hydrogen) atoms. The van der Waals surface area contributed by atoms with E-state index in [-0.39, 0.29) is 40.9 Å². The number of carbonyl (C=O) groups excluding carboxylic acids is 2. The molecule has 3 aromatic heterocycles. The first-order valence-corrected chi connectivity index (χ1v) is 12.5. The fourth-order valence-electron chi connectivity index (χ4n) is 5.46. The Balaban J connectivity index is 1.14. The molecule has 3 aromatic rings. The van der Waals surface area contributed by atoms with Crippen molar-refractivity contribution in [1.29, 1.82) is 0 Å². The highest BCUT2D eigenvalue weighted by Crippen LogP contribution is 2.50. The first-order chi connectivity index (χ1) is 18.4. The molecule has 2 N–H and O–H groups in total. The lowest BCUT2D eigenvalue weighted by molar-refractivity contribution is -0.128. The lowest BCUT2D eigenvalue weighted by Crippen LogP contribution is -2.51. The molecule has 2 aliphatic heterocycles. The van der Waals surface area contributed by atoms with Gasteiger partial charge in [-0.25, -0.2) is 13.8 Å². The number of amides is 2. The zero-order chi connectivity index (χ0) is 26.4. The average molecular weight is 525 g/mol. The van der Waals surface area contributed by atoms with Crippen molar-refractivity contribution in [2.24, 2.45) is 5.92 Å². The molecule has 6 rings (SSSR count). The van der Waals surface area contributed by atoms with E-state index >= 15 is 0 Å². The topological polar surface area (TPSA) is 122 Å². The van der Waals surface area contributed by atoms with Crippen LogP contribution in [0.4, 0.5) is 8.78 Å². The minimum absolute atomic E-state index is 0.100. The molecular weight excluding hydrogens is 498 g/mol. The van der Waals surface area contributed by atoms with E-state index in [1.165, 1.54) is 25.3 Å². The van der Waals surface area contributed by atoms with Crippen LogP contribution in [0.3, 0.4) is 0 Å². The zero-order valence-corrected chi connectivity index (χ0v) is 20.7. The number of likely N-dealkylation sites (tertiary alicyclic amines) is 1. The summed E-state index contributed by atoms with van der Waals surface area (Å²) in [4.78, 5) is 36.4. The van der Waals surface area contributed by atoms with Crippen molar-refractivity contribution < 1.29 is 27.8 Å². The van der Waals surface area contributed by atoms with Crippen LogP contribution in [0.15, 0.2) is 30.6 Å². The van der Waals surface area contributed by atoms with Crippen LogP contribution in [-0.2, 0) is 4.79 Å². The van der Waals surface area contributed by atoms with Crippen molar-refractivity contribution in [2.75, 3.05) is 20.3 Å². The zero-order valence-electron chi connectivity index (χ0n) is 20.7. The van der Waals surface area contributed by atoms with Gasteiger partial charge in [0.05, 0.1) is 37.8 Å². The van der Waals surface area contributed by atoms with E-state index in [1.807, 2.05) is 0 Å². The first-order valence-electron chi connectivity index (χ1n) is 12.5. The van der Waals surface area contributed by atoms with Gasteiger partial charge in [0.2, 0.25) is 11.8 Å². The van der Waals surface area contributed by atoms with Crippen molar-refractivity contribution in [3.63, 3.8) is 0 Å². The van der Waals surface area contributed by atoms with E-state index in [4.69, 9.17) is 9.47 Å². The average Bonchev–Trinajstić information content (AvgIpc) is 3.49. The van der Waals surface area contributed by atoms with Crippen LogP contribution < -0.4 is 14.8 Å². The number of nitrogens with zero attached hydrogens (tertiary/aromatic N) is 4. The van der Waals surface area contributed by atoms with Gasteiger partial charge in [-0.05, 0) is 31.7 Å². The quantitative estimate of drug-likeness (QED) is 0.526. The van der Waals surface area contributed by atoms with Crippen LogP contribution in [0.2, 0.25) is 0 Å². The number of halogens is 2. The summed E-state index contributed by atoms with van der Waals surface area (Å²) in [5.41, 5.74) is 0.859. The second-order valence-electron chi connectivity index (χ2n) is 9.98. The number of piperidine rings is 1. The summed E-state index contributed by atoms with van der Waals surface area (Å²) in [5, 5.41) is 9.96. The molecule has 1 saturated carbocycles.